The van der Waals surface area contributed by atoms with Crippen molar-refractivity contribution < 1.29 is 4.74 Å². The molecule has 0 radical (unpaired) electrons. The molecule has 0 atom stereocenters. The first-order valence-corrected chi connectivity index (χ1v) is 6.54. The van der Waals surface area contributed by atoms with Crippen LogP contribution >= 0.6 is 0 Å². The molecule has 17 heavy (non-hydrogen) atoms. The van der Waals surface area contributed by atoms with Crippen LogP contribution in [0.2, 0.25) is 0 Å². The lowest BCUT2D eigenvalue weighted by Gasteiger charge is -2.08. The monoisotopic (exact) mass is 236 g/mol. The van der Waals surface area contributed by atoms with Crippen molar-refractivity contribution in [3.05, 3.63) is 24.3 Å². The molecule has 0 heterocycles. The van der Waals surface area contributed by atoms with Gasteiger partial charge in [-0.2, -0.15) is 0 Å². The zero-order valence-corrected chi connectivity index (χ0v) is 11.0. The van der Waals surface area contributed by atoms with Crippen LogP contribution in [0.3, 0.4) is 0 Å². The summed E-state index contributed by atoms with van der Waals surface area (Å²) in [6.45, 7) is 7.99. The van der Waals surface area contributed by atoms with E-state index in [-0.39, 0.29) is 0 Å². The van der Waals surface area contributed by atoms with Crippen LogP contribution in [0.5, 0.6) is 5.75 Å². The lowest BCUT2D eigenvalue weighted by molar-refractivity contribution is 0.340. The highest BCUT2D eigenvalue weighted by Crippen LogP contribution is 2.14. The van der Waals surface area contributed by atoms with Gasteiger partial charge in [0.05, 0.1) is 6.61 Å². The summed E-state index contributed by atoms with van der Waals surface area (Å²) in [5, 5.41) is 6.77. The third kappa shape index (κ3) is 6.17. The van der Waals surface area contributed by atoms with E-state index >= 15 is 0 Å². The first-order valence-electron chi connectivity index (χ1n) is 6.54. The van der Waals surface area contributed by atoms with Gasteiger partial charge in [0, 0.05) is 18.8 Å². The second-order valence-corrected chi connectivity index (χ2v) is 3.99. The van der Waals surface area contributed by atoms with E-state index in [1.165, 1.54) is 12.8 Å². The maximum atomic E-state index is 5.39. The SMILES string of the molecule is CCCCNCCNc1ccc(OCC)cc1. The van der Waals surface area contributed by atoms with Crippen LogP contribution < -0.4 is 15.4 Å². The Kier molecular flexibility index (Phi) is 7.23. The lowest BCUT2D eigenvalue weighted by Crippen LogP contribution is -2.23. The Hall–Kier alpha value is -1.22. The minimum absolute atomic E-state index is 0.716. The van der Waals surface area contributed by atoms with E-state index in [0.717, 1.165) is 31.1 Å². The molecule has 0 aromatic heterocycles. The largest absolute Gasteiger partial charge is 0.494 e. The molecule has 2 N–H and O–H groups in total. The first-order chi connectivity index (χ1) is 8.36. The summed E-state index contributed by atoms with van der Waals surface area (Å²) < 4.78 is 5.39. The predicted molar refractivity (Wildman–Crippen MR) is 73.9 cm³/mol. The number of anilines is 1. The minimum Gasteiger partial charge on any atom is -0.494 e. The summed E-state index contributed by atoms with van der Waals surface area (Å²) in [5.74, 6) is 0.930. The average Bonchev–Trinajstić information content (AvgIpc) is 2.36. The summed E-state index contributed by atoms with van der Waals surface area (Å²) >= 11 is 0. The van der Waals surface area contributed by atoms with Crippen molar-refractivity contribution in [2.45, 2.75) is 26.7 Å². The molecular weight excluding hydrogens is 212 g/mol. The Balaban J connectivity index is 2.14. The molecule has 3 nitrogen and oxygen atoms in total. The van der Waals surface area contributed by atoms with Crippen LogP contribution in [-0.4, -0.2) is 26.2 Å². The number of benzene rings is 1. The van der Waals surface area contributed by atoms with E-state index in [2.05, 4.69) is 29.7 Å². The Morgan fingerprint density at radius 2 is 1.76 bits per heavy atom. The predicted octanol–water partition coefficient (Wildman–Crippen LogP) is 2.89. The van der Waals surface area contributed by atoms with Crippen LogP contribution in [0, 0.1) is 0 Å². The van der Waals surface area contributed by atoms with Crippen molar-refractivity contribution >= 4 is 5.69 Å². The highest BCUT2D eigenvalue weighted by Gasteiger charge is 1.93. The van der Waals surface area contributed by atoms with Gasteiger partial charge in [0.2, 0.25) is 0 Å². The highest BCUT2D eigenvalue weighted by atomic mass is 16.5. The fraction of sp³-hybridized carbons (Fsp3) is 0.571. The molecule has 3 heteroatoms. The van der Waals surface area contributed by atoms with Crippen molar-refractivity contribution in [2.75, 3.05) is 31.6 Å². The number of nitrogens with one attached hydrogen (secondary N) is 2. The van der Waals surface area contributed by atoms with Gasteiger partial charge < -0.3 is 15.4 Å². The van der Waals surface area contributed by atoms with Gasteiger partial charge in [-0.05, 0) is 44.2 Å². The summed E-state index contributed by atoms with van der Waals surface area (Å²) in [7, 11) is 0. The van der Waals surface area contributed by atoms with Gasteiger partial charge in [-0.1, -0.05) is 13.3 Å². The van der Waals surface area contributed by atoms with Crippen molar-refractivity contribution in [2.24, 2.45) is 0 Å². The molecule has 0 saturated carbocycles. The van der Waals surface area contributed by atoms with E-state index in [4.69, 9.17) is 4.74 Å². The smallest absolute Gasteiger partial charge is 0.119 e. The van der Waals surface area contributed by atoms with Gasteiger partial charge in [0.1, 0.15) is 5.75 Å². The normalized spacial score (nSPS) is 10.2. The summed E-state index contributed by atoms with van der Waals surface area (Å²) in [5.41, 5.74) is 1.14. The van der Waals surface area contributed by atoms with Crippen LogP contribution in [0.15, 0.2) is 24.3 Å². The average molecular weight is 236 g/mol. The number of unbranched alkanes of at least 4 members (excludes halogenated alkanes) is 1. The van der Waals surface area contributed by atoms with Crippen LogP contribution in [0.25, 0.3) is 0 Å². The number of hydrogen-bond donors (Lipinski definition) is 2. The third-order valence-corrected chi connectivity index (χ3v) is 2.50. The molecular formula is C14H24N2O. The molecule has 0 amide bonds. The Morgan fingerprint density at radius 1 is 1.00 bits per heavy atom. The molecule has 0 aliphatic carbocycles. The zero-order valence-electron chi connectivity index (χ0n) is 11.0. The molecule has 0 spiro atoms. The van der Waals surface area contributed by atoms with Gasteiger partial charge in [-0.3, -0.25) is 0 Å². The van der Waals surface area contributed by atoms with Crippen molar-refractivity contribution in [1.29, 1.82) is 0 Å². The topological polar surface area (TPSA) is 33.3 Å². The number of ether oxygens (including phenoxy) is 1. The van der Waals surface area contributed by atoms with Gasteiger partial charge >= 0.3 is 0 Å². The van der Waals surface area contributed by atoms with Crippen LogP contribution in [0.4, 0.5) is 5.69 Å². The molecule has 1 rings (SSSR count). The molecule has 1 aromatic rings. The minimum atomic E-state index is 0.716. The number of hydrogen-bond acceptors (Lipinski definition) is 3. The third-order valence-electron chi connectivity index (χ3n) is 2.50. The summed E-state index contributed by atoms with van der Waals surface area (Å²) in [6, 6.07) is 8.10. The van der Waals surface area contributed by atoms with Crippen molar-refractivity contribution in [3.63, 3.8) is 0 Å². The van der Waals surface area contributed by atoms with E-state index < -0.39 is 0 Å². The van der Waals surface area contributed by atoms with Crippen LogP contribution in [0.1, 0.15) is 26.7 Å². The standard InChI is InChI=1S/C14H24N2O/c1-3-5-10-15-11-12-16-13-6-8-14(9-7-13)17-4-2/h6-9,15-16H,3-5,10-12H2,1-2H3. The summed E-state index contributed by atoms with van der Waals surface area (Å²) in [4.78, 5) is 0. The van der Waals surface area contributed by atoms with E-state index in [9.17, 15) is 0 Å². The Bertz CT molecular complexity index is 285. The Labute approximate surface area is 105 Å². The Morgan fingerprint density at radius 3 is 2.41 bits per heavy atom. The number of rotatable bonds is 9. The first kappa shape index (κ1) is 13.8. The molecule has 0 unspecified atom stereocenters. The van der Waals surface area contributed by atoms with Gasteiger partial charge in [0.15, 0.2) is 0 Å². The van der Waals surface area contributed by atoms with E-state index in [1.807, 2.05) is 19.1 Å². The lowest BCUT2D eigenvalue weighted by atomic mass is 10.3. The second-order valence-electron chi connectivity index (χ2n) is 3.99. The quantitative estimate of drug-likeness (QED) is 0.647. The van der Waals surface area contributed by atoms with Crippen molar-refractivity contribution in [3.8, 4) is 5.75 Å². The highest BCUT2D eigenvalue weighted by molar-refractivity contribution is 5.46. The van der Waals surface area contributed by atoms with E-state index in [0.29, 0.717) is 6.61 Å². The van der Waals surface area contributed by atoms with Gasteiger partial charge in [-0.15, -0.1) is 0 Å². The zero-order chi connectivity index (χ0) is 12.3. The van der Waals surface area contributed by atoms with E-state index in [1.54, 1.807) is 0 Å². The summed E-state index contributed by atoms with van der Waals surface area (Å²) in [6.07, 6.45) is 2.50. The maximum Gasteiger partial charge on any atom is 0.119 e. The van der Waals surface area contributed by atoms with Gasteiger partial charge in [-0.25, -0.2) is 0 Å². The van der Waals surface area contributed by atoms with Crippen LogP contribution in [-0.2, 0) is 0 Å². The fourth-order valence-corrected chi connectivity index (χ4v) is 1.56. The molecule has 0 saturated heterocycles. The molecule has 0 bridgehead atoms. The van der Waals surface area contributed by atoms with Crippen molar-refractivity contribution in [1.82, 2.24) is 5.32 Å². The molecule has 0 fully saturated rings. The molecule has 0 aliphatic heterocycles. The maximum absolute atomic E-state index is 5.39. The fourth-order valence-electron chi connectivity index (χ4n) is 1.56. The molecule has 0 aliphatic rings. The molecule has 1 aromatic carbocycles. The van der Waals surface area contributed by atoms with Gasteiger partial charge in [0.25, 0.3) is 0 Å². The molecule has 96 valence electrons. The second kappa shape index (κ2) is 8.88.